The number of hydrogen-bond acceptors (Lipinski definition) is 3. The van der Waals surface area contributed by atoms with Crippen molar-refractivity contribution >= 4 is 6.41 Å². The van der Waals surface area contributed by atoms with Crippen molar-refractivity contribution < 1.29 is 9.63 Å². The summed E-state index contributed by atoms with van der Waals surface area (Å²) in [6.07, 6.45) is 0.507. The van der Waals surface area contributed by atoms with Crippen LogP contribution in [-0.4, -0.2) is 13.1 Å². The molecule has 0 aromatic heterocycles. The van der Waals surface area contributed by atoms with Crippen LogP contribution in [0.15, 0.2) is 0 Å². The van der Waals surface area contributed by atoms with E-state index in [0.717, 1.165) is 0 Å². The molecule has 3 N–H and O–H groups in total. The van der Waals surface area contributed by atoms with Gasteiger partial charge in [-0.05, 0) is 0 Å². The molecule has 0 unspecified atom stereocenters. The molecule has 6 heavy (non-hydrogen) atoms. The van der Waals surface area contributed by atoms with Crippen molar-refractivity contribution in [3.8, 4) is 0 Å². The Morgan fingerprint density at radius 3 is 2.83 bits per heavy atom. The van der Waals surface area contributed by atoms with E-state index in [4.69, 9.17) is 0 Å². The Morgan fingerprint density at radius 1 is 2.00 bits per heavy atom. The first kappa shape index (κ1) is 5.39. The lowest BCUT2D eigenvalue weighted by Gasteiger charge is -1.88. The Balaban J connectivity index is 2.49. The molecule has 1 amide bonds. The predicted molar refractivity (Wildman–Crippen MR) is 19.3 cm³/mol. The molecular weight excluding hydrogens is 84.0 g/mol. The van der Waals surface area contributed by atoms with Gasteiger partial charge in [0.15, 0.2) is 0 Å². The van der Waals surface area contributed by atoms with Gasteiger partial charge >= 0.3 is 0 Å². The summed E-state index contributed by atoms with van der Waals surface area (Å²) in [5.74, 6) is 4.49. The van der Waals surface area contributed by atoms with E-state index in [9.17, 15) is 4.79 Å². The highest BCUT2D eigenvalue weighted by Gasteiger charge is 1.68. The van der Waals surface area contributed by atoms with E-state index in [-0.39, 0.29) is 6.73 Å². The average Bonchev–Trinajstić information content (AvgIpc) is 1.61. The van der Waals surface area contributed by atoms with E-state index < -0.39 is 0 Å². The van der Waals surface area contributed by atoms with Gasteiger partial charge in [0.05, 0.1) is 0 Å². The SMILES string of the molecule is NOCNC=O. The zero-order chi connectivity index (χ0) is 4.83. The zero-order valence-electron chi connectivity index (χ0n) is 3.18. The van der Waals surface area contributed by atoms with Gasteiger partial charge in [-0.2, -0.15) is 0 Å². The summed E-state index contributed by atoms with van der Waals surface area (Å²) in [4.78, 5) is 13.3. The molecule has 4 nitrogen and oxygen atoms in total. The minimum atomic E-state index is 0.0729. The minimum Gasteiger partial charge on any atom is -0.334 e. The van der Waals surface area contributed by atoms with Crippen LogP contribution in [0.25, 0.3) is 0 Å². The van der Waals surface area contributed by atoms with Crippen LogP contribution in [0.5, 0.6) is 0 Å². The molecule has 0 aliphatic carbocycles. The lowest BCUT2D eigenvalue weighted by atomic mass is 11.1. The molecule has 0 saturated heterocycles. The molecule has 0 spiro atoms. The van der Waals surface area contributed by atoms with Crippen LogP contribution in [0, 0.1) is 0 Å². The molecule has 0 aliphatic rings. The number of hydrogen-bond donors (Lipinski definition) is 2. The van der Waals surface area contributed by atoms with Gasteiger partial charge in [0.2, 0.25) is 6.41 Å². The van der Waals surface area contributed by atoms with E-state index in [1.54, 1.807) is 0 Å². The minimum absolute atomic E-state index is 0.0729. The summed E-state index contributed by atoms with van der Waals surface area (Å²) in [5.41, 5.74) is 0. The van der Waals surface area contributed by atoms with Gasteiger partial charge in [0.25, 0.3) is 0 Å². The van der Waals surface area contributed by atoms with Crippen LogP contribution in [0.3, 0.4) is 0 Å². The highest BCUT2D eigenvalue weighted by Crippen LogP contribution is 1.43. The lowest BCUT2D eigenvalue weighted by Crippen LogP contribution is -2.17. The Morgan fingerprint density at radius 2 is 2.67 bits per heavy atom. The maximum Gasteiger partial charge on any atom is 0.208 e. The molecule has 0 radical (unpaired) electrons. The van der Waals surface area contributed by atoms with Crippen LogP contribution < -0.4 is 11.2 Å². The topological polar surface area (TPSA) is 64.3 Å². The molecule has 0 atom stereocenters. The van der Waals surface area contributed by atoms with Gasteiger partial charge in [0, 0.05) is 0 Å². The first-order valence-corrected chi connectivity index (χ1v) is 1.40. The summed E-state index contributed by atoms with van der Waals surface area (Å²) < 4.78 is 0. The fourth-order valence-electron chi connectivity index (χ4n) is 0.0821. The summed E-state index contributed by atoms with van der Waals surface area (Å²) in [6, 6.07) is 0. The number of carbonyl (C=O) groups excluding carboxylic acids is 1. The fraction of sp³-hybridized carbons (Fsp3) is 0.500. The Labute approximate surface area is 35.2 Å². The monoisotopic (exact) mass is 90.0 g/mol. The third-order valence-electron chi connectivity index (χ3n) is 0.250. The molecule has 0 saturated carbocycles. The molecule has 0 aliphatic heterocycles. The smallest absolute Gasteiger partial charge is 0.208 e. The molecule has 0 heterocycles. The number of carbonyl (C=O) groups is 1. The lowest BCUT2D eigenvalue weighted by molar-refractivity contribution is -0.111. The maximum atomic E-state index is 9.32. The average molecular weight is 90.1 g/mol. The van der Waals surface area contributed by atoms with Gasteiger partial charge in [-0.15, -0.1) is 0 Å². The second kappa shape index (κ2) is 4.39. The van der Waals surface area contributed by atoms with Crippen molar-refractivity contribution in [3.63, 3.8) is 0 Å². The van der Waals surface area contributed by atoms with Crippen molar-refractivity contribution in [1.29, 1.82) is 0 Å². The summed E-state index contributed by atoms with van der Waals surface area (Å²) in [6.45, 7) is 0.0729. The standard InChI is InChI=1S/C2H6N2O2/c3-6-2-4-1-5/h1H,2-3H2,(H,4,5). The fourth-order valence-corrected chi connectivity index (χ4v) is 0.0821. The van der Waals surface area contributed by atoms with Crippen LogP contribution >= 0.6 is 0 Å². The summed E-state index contributed by atoms with van der Waals surface area (Å²) >= 11 is 0. The normalized spacial score (nSPS) is 7.50. The first-order valence-electron chi connectivity index (χ1n) is 1.40. The zero-order valence-corrected chi connectivity index (χ0v) is 3.18. The summed E-state index contributed by atoms with van der Waals surface area (Å²) in [5, 5.41) is 2.17. The third-order valence-corrected chi connectivity index (χ3v) is 0.250. The maximum absolute atomic E-state index is 9.32. The van der Waals surface area contributed by atoms with Gasteiger partial charge in [-0.3, -0.25) is 9.63 Å². The number of amides is 1. The van der Waals surface area contributed by atoms with Crippen LogP contribution in [0.1, 0.15) is 0 Å². The molecule has 0 rings (SSSR count). The Hall–Kier alpha value is -0.610. The number of nitrogens with two attached hydrogens (primary N) is 1. The van der Waals surface area contributed by atoms with Crippen LogP contribution in [0.2, 0.25) is 0 Å². The molecular formula is C2H6N2O2. The Kier molecular flexibility index (Phi) is 3.94. The van der Waals surface area contributed by atoms with Crippen LogP contribution in [0.4, 0.5) is 0 Å². The highest BCUT2D eigenvalue weighted by atomic mass is 16.6. The molecule has 0 bridgehead atoms. The van der Waals surface area contributed by atoms with E-state index >= 15 is 0 Å². The largest absolute Gasteiger partial charge is 0.334 e. The van der Waals surface area contributed by atoms with E-state index in [2.05, 4.69) is 16.1 Å². The molecule has 0 fully saturated rings. The molecule has 36 valence electrons. The first-order chi connectivity index (χ1) is 2.91. The molecule has 0 aromatic rings. The predicted octanol–water partition coefficient (Wildman–Crippen LogP) is -1.42. The second-order valence-corrected chi connectivity index (χ2v) is 0.633. The summed E-state index contributed by atoms with van der Waals surface area (Å²) in [7, 11) is 0. The van der Waals surface area contributed by atoms with Gasteiger partial charge in [-0.1, -0.05) is 0 Å². The van der Waals surface area contributed by atoms with Crippen molar-refractivity contribution in [3.05, 3.63) is 0 Å². The molecule has 0 aromatic carbocycles. The quantitative estimate of drug-likeness (QED) is 0.193. The van der Waals surface area contributed by atoms with Crippen molar-refractivity contribution in [1.82, 2.24) is 5.32 Å². The van der Waals surface area contributed by atoms with Crippen molar-refractivity contribution in [2.45, 2.75) is 0 Å². The van der Waals surface area contributed by atoms with Crippen molar-refractivity contribution in [2.24, 2.45) is 5.90 Å². The van der Waals surface area contributed by atoms with E-state index in [1.165, 1.54) is 0 Å². The van der Waals surface area contributed by atoms with Gasteiger partial charge < -0.3 is 5.32 Å². The number of rotatable bonds is 3. The van der Waals surface area contributed by atoms with Crippen LogP contribution in [-0.2, 0) is 9.63 Å². The second-order valence-electron chi connectivity index (χ2n) is 0.633. The number of nitrogens with one attached hydrogen (secondary N) is 1. The third kappa shape index (κ3) is 3.39. The Bertz CT molecular complexity index is 38.5. The molecule has 4 heteroatoms. The van der Waals surface area contributed by atoms with Gasteiger partial charge in [0.1, 0.15) is 6.73 Å². The van der Waals surface area contributed by atoms with Gasteiger partial charge in [-0.25, -0.2) is 5.90 Å². The van der Waals surface area contributed by atoms with E-state index in [0.29, 0.717) is 6.41 Å². The van der Waals surface area contributed by atoms with E-state index in [1.807, 2.05) is 0 Å². The highest BCUT2D eigenvalue weighted by molar-refractivity contribution is 5.45. The van der Waals surface area contributed by atoms with Crippen molar-refractivity contribution in [2.75, 3.05) is 6.73 Å².